The van der Waals surface area contributed by atoms with Gasteiger partial charge in [-0.3, -0.25) is 13.8 Å². The fraction of sp³-hybridized carbons (Fsp3) is 0.0588. The van der Waals surface area contributed by atoms with Gasteiger partial charge in [0.25, 0.3) is 5.56 Å². The molecule has 0 spiro atoms. The lowest BCUT2D eigenvalue weighted by molar-refractivity contribution is 0.871. The molecular weight excluding hydrogens is 421 g/mol. The van der Waals surface area contributed by atoms with Crippen LogP contribution < -0.4 is 5.56 Å². The van der Waals surface area contributed by atoms with E-state index >= 15 is 0 Å². The first kappa shape index (κ1) is 14.8. The van der Waals surface area contributed by atoms with Crippen LogP contribution in [0.3, 0.4) is 0 Å². The van der Waals surface area contributed by atoms with E-state index in [0.717, 1.165) is 32.9 Å². The minimum atomic E-state index is 0.0142. The van der Waals surface area contributed by atoms with Gasteiger partial charge in [0.1, 0.15) is 5.52 Å². The van der Waals surface area contributed by atoms with Crippen LogP contribution in [-0.4, -0.2) is 13.5 Å². The van der Waals surface area contributed by atoms with Crippen molar-refractivity contribution < 1.29 is 0 Å². The van der Waals surface area contributed by atoms with Gasteiger partial charge in [0.15, 0.2) is 0 Å². The van der Waals surface area contributed by atoms with Crippen molar-refractivity contribution in [3.63, 3.8) is 0 Å². The van der Waals surface area contributed by atoms with E-state index < -0.39 is 0 Å². The second-order valence-corrected chi connectivity index (χ2v) is 7.06. The van der Waals surface area contributed by atoms with Crippen LogP contribution in [0.2, 0.25) is 0 Å². The summed E-state index contributed by atoms with van der Waals surface area (Å²) in [5.74, 6) is 0. The molecule has 1 aromatic carbocycles. The van der Waals surface area contributed by atoms with Gasteiger partial charge in [-0.05, 0) is 29.8 Å². The average Bonchev–Trinajstić information content (AvgIpc) is 3.02. The van der Waals surface area contributed by atoms with Crippen molar-refractivity contribution >= 4 is 52.1 Å². The molecule has 114 valence electrons. The molecule has 3 aromatic heterocycles. The summed E-state index contributed by atoms with van der Waals surface area (Å²) in [7, 11) is 3.29. The molecule has 4 rings (SSSR count). The topological polar surface area (TPSA) is 39.8 Å². The molecule has 0 unspecified atom stereocenters. The third kappa shape index (κ3) is 2.36. The maximum atomic E-state index is 12.5. The molecule has 0 bridgehead atoms. The summed E-state index contributed by atoms with van der Waals surface area (Å²) < 4.78 is 3.55. The first-order chi connectivity index (χ1) is 11.2. The van der Waals surface area contributed by atoms with Gasteiger partial charge in [-0.25, -0.2) is 0 Å². The fourth-order valence-corrected chi connectivity index (χ4v) is 4.20. The predicted octanol–water partition coefficient (Wildman–Crippen LogP) is 4.40. The zero-order chi connectivity index (χ0) is 16.0. The summed E-state index contributed by atoms with van der Waals surface area (Å²) in [5, 5.41) is 2.07. The molecule has 6 heteroatoms. The lowest BCUT2D eigenvalue weighted by Gasteiger charge is -2.09. The number of hydrogen-bond acceptors (Lipinski definition) is 3. The highest BCUT2D eigenvalue weighted by molar-refractivity contribution is 14.2. The maximum Gasteiger partial charge on any atom is 0.275 e. The monoisotopic (exact) mass is 433 g/mol. The summed E-state index contributed by atoms with van der Waals surface area (Å²) in [6, 6.07) is 12.2. The van der Waals surface area contributed by atoms with Gasteiger partial charge in [-0.2, -0.15) is 0 Å². The van der Waals surface area contributed by atoms with Crippen molar-refractivity contribution in [2.24, 2.45) is 7.05 Å². The highest BCUT2D eigenvalue weighted by atomic mass is 127. The summed E-state index contributed by atoms with van der Waals surface area (Å²) in [6.07, 6.45) is 5.64. The van der Waals surface area contributed by atoms with Gasteiger partial charge in [-0.15, -0.1) is 0 Å². The van der Waals surface area contributed by atoms with E-state index in [0.29, 0.717) is 0 Å². The summed E-state index contributed by atoms with van der Waals surface area (Å²) >= 11 is 2.19. The number of aryl methyl sites for hydroxylation is 1. The van der Waals surface area contributed by atoms with Crippen LogP contribution in [0, 0.1) is 0 Å². The van der Waals surface area contributed by atoms with Gasteiger partial charge in [0, 0.05) is 72.3 Å². The van der Waals surface area contributed by atoms with Crippen LogP contribution >= 0.6 is 30.3 Å². The Morgan fingerprint density at radius 3 is 2.91 bits per heavy atom. The van der Waals surface area contributed by atoms with Crippen LogP contribution in [0.5, 0.6) is 0 Å². The summed E-state index contributed by atoms with van der Waals surface area (Å²) in [4.78, 5) is 16.8. The zero-order valence-corrected chi connectivity index (χ0v) is 15.2. The van der Waals surface area contributed by atoms with Crippen LogP contribution in [0.25, 0.3) is 32.9 Å². The van der Waals surface area contributed by atoms with E-state index in [4.69, 9.17) is 0 Å². The van der Waals surface area contributed by atoms with Crippen LogP contribution in [-0.2, 0) is 7.05 Å². The maximum absolute atomic E-state index is 12.5. The smallest absolute Gasteiger partial charge is 0.275 e. The standard InChI is InChI=1S/C17H12IN3OS/c1-20-10-14(13-6-8-21(23-18)16(13)17(20)22)11-4-5-15-12(9-11)3-2-7-19-15/h2-10H,1H3. The predicted molar refractivity (Wildman–Crippen MR) is 105 cm³/mol. The van der Waals surface area contributed by atoms with Crippen LogP contribution in [0.1, 0.15) is 0 Å². The van der Waals surface area contributed by atoms with E-state index in [1.165, 1.54) is 9.12 Å². The Morgan fingerprint density at radius 2 is 2.09 bits per heavy atom. The van der Waals surface area contributed by atoms with Gasteiger partial charge in [0.05, 0.1) is 5.52 Å². The second-order valence-electron chi connectivity index (χ2n) is 5.34. The molecule has 0 aliphatic carbocycles. The van der Waals surface area contributed by atoms with E-state index in [9.17, 15) is 4.79 Å². The normalized spacial score (nSPS) is 11.4. The number of halogens is 1. The lowest BCUT2D eigenvalue weighted by atomic mass is 10.0. The van der Waals surface area contributed by atoms with E-state index in [2.05, 4.69) is 44.4 Å². The van der Waals surface area contributed by atoms with Gasteiger partial charge in [0.2, 0.25) is 0 Å². The van der Waals surface area contributed by atoms with Crippen molar-refractivity contribution in [1.82, 2.24) is 13.5 Å². The number of fused-ring (bicyclic) bond motifs is 2. The minimum absolute atomic E-state index is 0.0142. The van der Waals surface area contributed by atoms with Gasteiger partial charge >= 0.3 is 0 Å². The molecule has 0 radical (unpaired) electrons. The molecule has 0 saturated heterocycles. The number of rotatable bonds is 2. The van der Waals surface area contributed by atoms with Crippen molar-refractivity contribution in [3.05, 3.63) is 65.3 Å². The first-order valence-electron chi connectivity index (χ1n) is 7.04. The number of hydrogen-bond donors (Lipinski definition) is 0. The molecule has 0 aliphatic rings. The van der Waals surface area contributed by atoms with Crippen molar-refractivity contribution in [3.8, 4) is 11.1 Å². The van der Waals surface area contributed by atoms with Crippen molar-refractivity contribution in [2.75, 3.05) is 0 Å². The highest BCUT2D eigenvalue weighted by Crippen LogP contribution is 2.31. The summed E-state index contributed by atoms with van der Waals surface area (Å²) in [6.45, 7) is 0. The zero-order valence-electron chi connectivity index (χ0n) is 12.2. The quantitative estimate of drug-likeness (QED) is 0.440. The Bertz CT molecular complexity index is 1100. The molecule has 0 fully saturated rings. The van der Waals surface area contributed by atoms with Gasteiger partial charge < -0.3 is 4.57 Å². The first-order valence-corrected chi connectivity index (χ1v) is 10.4. The number of aromatic nitrogens is 3. The van der Waals surface area contributed by atoms with E-state index in [1.54, 1.807) is 17.8 Å². The number of pyridine rings is 2. The Labute approximate surface area is 148 Å². The molecule has 0 atom stereocenters. The van der Waals surface area contributed by atoms with E-state index in [-0.39, 0.29) is 5.56 Å². The molecule has 0 amide bonds. The Kier molecular flexibility index (Phi) is 3.65. The number of benzene rings is 1. The van der Waals surface area contributed by atoms with Crippen LogP contribution in [0.4, 0.5) is 0 Å². The average molecular weight is 433 g/mol. The Balaban J connectivity index is 2.06. The molecule has 0 aliphatic heterocycles. The fourth-order valence-electron chi connectivity index (χ4n) is 2.86. The Morgan fingerprint density at radius 1 is 1.22 bits per heavy atom. The molecule has 4 nitrogen and oxygen atoms in total. The third-order valence-electron chi connectivity index (χ3n) is 3.98. The molecule has 23 heavy (non-hydrogen) atoms. The molecule has 0 saturated carbocycles. The van der Waals surface area contributed by atoms with E-state index in [1.807, 2.05) is 34.6 Å². The lowest BCUT2D eigenvalue weighted by Crippen LogP contribution is -2.17. The molecule has 4 aromatic rings. The summed E-state index contributed by atoms with van der Waals surface area (Å²) in [5.41, 5.74) is 3.84. The molecular formula is C17H12IN3OS. The largest absolute Gasteiger partial charge is 0.316 e. The van der Waals surface area contributed by atoms with Crippen molar-refractivity contribution in [1.29, 1.82) is 0 Å². The minimum Gasteiger partial charge on any atom is -0.316 e. The molecule has 0 N–H and O–H groups in total. The van der Waals surface area contributed by atoms with Gasteiger partial charge in [-0.1, -0.05) is 12.1 Å². The SMILES string of the molecule is Cn1cc(-c2ccc3ncccc3c2)c2ccn(SI)c2c1=O. The molecule has 3 heterocycles. The van der Waals surface area contributed by atoms with Crippen molar-refractivity contribution in [2.45, 2.75) is 0 Å². The Hall–Kier alpha value is -1.80. The highest BCUT2D eigenvalue weighted by Gasteiger charge is 2.13. The van der Waals surface area contributed by atoms with Crippen LogP contribution in [0.15, 0.2) is 59.8 Å². The number of nitrogens with zero attached hydrogens (tertiary/aromatic N) is 3. The second kappa shape index (κ2) is 5.68. The third-order valence-corrected chi connectivity index (χ3v) is 5.70.